The van der Waals surface area contributed by atoms with Crippen LogP contribution in [0, 0.1) is 13.8 Å². The van der Waals surface area contributed by atoms with E-state index >= 15 is 0 Å². The first-order chi connectivity index (χ1) is 11.3. The Hall–Kier alpha value is -2.20. The number of fused-ring (bicyclic) bond motifs is 1. The molecular weight excluding hydrogens is 320 g/mol. The van der Waals surface area contributed by atoms with Gasteiger partial charge in [0.15, 0.2) is 5.82 Å². The summed E-state index contributed by atoms with van der Waals surface area (Å²) in [5.74, 6) is 0.762. The van der Waals surface area contributed by atoms with Crippen LogP contribution in [0.25, 0.3) is 5.65 Å². The number of azo groups is 1. The second-order valence-corrected chi connectivity index (χ2v) is 7.51. The van der Waals surface area contributed by atoms with Crippen LogP contribution in [0.5, 0.6) is 0 Å². The molecular formula is C19H21ClN4. The number of hydrogen-bond acceptors (Lipinski definition) is 3. The lowest BCUT2D eigenvalue weighted by Crippen LogP contribution is -2.11. The van der Waals surface area contributed by atoms with Crippen LogP contribution in [0.15, 0.2) is 46.8 Å². The van der Waals surface area contributed by atoms with Gasteiger partial charge in [-0.2, -0.15) is 0 Å². The van der Waals surface area contributed by atoms with Gasteiger partial charge in [0.1, 0.15) is 5.65 Å². The van der Waals surface area contributed by atoms with Gasteiger partial charge in [0, 0.05) is 16.6 Å². The van der Waals surface area contributed by atoms with Gasteiger partial charge < -0.3 is 0 Å². The summed E-state index contributed by atoms with van der Waals surface area (Å²) in [5, 5.41) is 9.59. The molecule has 0 radical (unpaired) electrons. The molecule has 0 unspecified atom stereocenters. The van der Waals surface area contributed by atoms with Crippen molar-refractivity contribution in [3.63, 3.8) is 0 Å². The molecule has 0 bridgehead atoms. The molecule has 0 aliphatic rings. The van der Waals surface area contributed by atoms with E-state index in [0.29, 0.717) is 5.02 Å². The standard InChI is InChI=1S/C19H21ClN4/c1-12-6-9-16-21-17(19(3,4)5)18(24(16)11-12)23-22-14-8-7-13(2)15(20)10-14/h6-11H,1-5H3. The molecule has 0 fully saturated rings. The third-order valence-corrected chi connectivity index (χ3v) is 4.27. The zero-order valence-corrected chi connectivity index (χ0v) is 15.4. The number of pyridine rings is 1. The molecule has 0 spiro atoms. The molecule has 0 amide bonds. The summed E-state index contributed by atoms with van der Waals surface area (Å²) < 4.78 is 2.00. The van der Waals surface area contributed by atoms with E-state index < -0.39 is 0 Å². The van der Waals surface area contributed by atoms with Crippen LogP contribution in [0.1, 0.15) is 37.6 Å². The maximum atomic E-state index is 6.17. The molecule has 4 nitrogen and oxygen atoms in total. The highest BCUT2D eigenvalue weighted by molar-refractivity contribution is 6.31. The zero-order chi connectivity index (χ0) is 17.5. The minimum Gasteiger partial charge on any atom is -0.283 e. The van der Waals surface area contributed by atoms with E-state index in [-0.39, 0.29) is 5.41 Å². The Morgan fingerprint density at radius 3 is 2.46 bits per heavy atom. The Kier molecular flexibility index (Phi) is 4.18. The smallest absolute Gasteiger partial charge is 0.183 e. The first kappa shape index (κ1) is 16.7. The van der Waals surface area contributed by atoms with Crippen molar-refractivity contribution < 1.29 is 0 Å². The summed E-state index contributed by atoms with van der Waals surface area (Å²) in [6.45, 7) is 10.4. The maximum Gasteiger partial charge on any atom is 0.183 e. The Bertz CT molecular complexity index is 932. The van der Waals surface area contributed by atoms with E-state index in [2.05, 4.69) is 44.0 Å². The van der Waals surface area contributed by atoms with Gasteiger partial charge in [0.2, 0.25) is 0 Å². The van der Waals surface area contributed by atoms with Crippen LogP contribution in [-0.4, -0.2) is 9.38 Å². The number of halogens is 1. The van der Waals surface area contributed by atoms with Crippen molar-refractivity contribution in [1.29, 1.82) is 0 Å². The first-order valence-electron chi connectivity index (χ1n) is 7.93. The largest absolute Gasteiger partial charge is 0.283 e. The van der Waals surface area contributed by atoms with E-state index in [0.717, 1.165) is 34.0 Å². The third kappa shape index (κ3) is 3.20. The number of hydrogen-bond donors (Lipinski definition) is 0. The highest BCUT2D eigenvalue weighted by atomic mass is 35.5. The summed E-state index contributed by atoms with van der Waals surface area (Å²) in [7, 11) is 0. The molecule has 3 rings (SSSR count). The molecule has 5 heteroatoms. The van der Waals surface area contributed by atoms with Crippen molar-refractivity contribution in [2.45, 2.75) is 40.0 Å². The van der Waals surface area contributed by atoms with Crippen molar-refractivity contribution in [2.75, 3.05) is 0 Å². The second-order valence-electron chi connectivity index (χ2n) is 7.10. The number of aryl methyl sites for hydroxylation is 2. The molecule has 0 atom stereocenters. The Morgan fingerprint density at radius 2 is 1.79 bits per heavy atom. The normalized spacial score (nSPS) is 12.4. The molecule has 0 aliphatic heterocycles. The average Bonchev–Trinajstić information content (AvgIpc) is 2.86. The molecule has 0 saturated heterocycles. The number of imidazole rings is 1. The summed E-state index contributed by atoms with van der Waals surface area (Å²) in [6, 6.07) is 9.74. The minimum absolute atomic E-state index is 0.126. The van der Waals surface area contributed by atoms with Gasteiger partial charge in [0.25, 0.3) is 0 Å². The molecule has 0 saturated carbocycles. The van der Waals surface area contributed by atoms with Crippen LogP contribution in [0.3, 0.4) is 0 Å². The highest BCUT2D eigenvalue weighted by Crippen LogP contribution is 2.33. The maximum absolute atomic E-state index is 6.17. The fourth-order valence-electron chi connectivity index (χ4n) is 2.49. The lowest BCUT2D eigenvalue weighted by Gasteiger charge is -2.15. The van der Waals surface area contributed by atoms with E-state index in [1.807, 2.05) is 41.8 Å². The molecule has 3 aromatic rings. The monoisotopic (exact) mass is 340 g/mol. The van der Waals surface area contributed by atoms with Crippen molar-refractivity contribution in [3.05, 3.63) is 58.4 Å². The lowest BCUT2D eigenvalue weighted by molar-refractivity contribution is 0.574. The van der Waals surface area contributed by atoms with Crippen LogP contribution in [0.4, 0.5) is 11.5 Å². The predicted molar refractivity (Wildman–Crippen MR) is 99.0 cm³/mol. The summed E-state index contributed by atoms with van der Waals surface area (Å²) >= 11 is 6.17. The SMILES string of the molecule is Cc1ccc2nc(C(C)(C)C)c(N=Nc3ccc(C)c(Cl)c3)n2c1. The molecule has 1 aromatic carbocycles. The summed E-state index contributed by atoms with van der Waals surface area (Å²) in [6.07, 6.45) is 2.04. The van der Waals surface area contributed by atoms with Gasteiger partial charge in [-0.25, -0.2) is 4.98 Å². The fraction of sp³-hybridized carbons (Fsp3) is 0.316. The number of benzene rings is 1. The Balaban J connectivity index is 2.14. The molecule has 124 valence electrons. The molecule has 2 aromatic heterocycles. The van der Waals surface area contributed by atoms with E-state index in [4.69, 9.17) is 16.6 Å². The number of aromatic nitrogens is 2. The highest BCUT2D eigenvalue weighted by Gasteiger charge is 2.24. The Labute approximate surface area is 147 Å². The van der Waals surface area contributed by atoms with Crippen molar-refractivity contribution >= 4 is 28.8 Å². The predicted octanol–water partition coefficient (Wildman–Crippen LogP) is 6.32. The molecule has 2 heterocycles. The summed E-state index contributed by atoms with van der Waals surface area (Å²) in [4.78, 5) is 4.75. The Morgan fingerprint density at radius 1 is 1.04 bits per heavy atom. The van der Waals surface area contributed by atoms with Crippen LogP contribution < -0.4 is 0 Å². The number of nitrogens with zero attached hydrogens (tertiary/aromatic N) is 4. The van der Waals surface area contributed by atoms with Crippen molar-refractivity contribution in [2.24, 2.45) is 10.2 Å². The van der Waals surface area contributed by atoms with Gasteiger partial charge in [-0.15, -0.1) is 10.2 Å². The van der Waals surface area contributed by atoms with Crippen molar-refractivity contribution in [3.8, 4) is 0 Å². The third-order valence-electron chi connectivity index (χ3n) is 3.87. The van der Waals surface area contributed by atoms with Crippen LogP contribution >= 0.6 is 11.6 Å². The zero-order valence-electron chi connectivity index (χ0n) is 14.6. The molecule has 0 N–H and O–H groups in total. The number of rotatable bonds is 2. The summed E-state index contributed by atoms with van der Waals surface area (Å²) in [5.41, 5.74) is 4.58. The van der Waals surface area contributed by atoms with Crippen LogP contribution in [-0.2, 0) is 5.41 Å². The topological polar surface area (TPSA) is 42.0 Å². The van der Waals surface area contributed by atoms with Crippen molar-refractivity contribution in [1.82, 2.24) is 9.38 Å². The quantitative estimate of drug-likeness (QED) is 0.503. The minimum atomic E-state index is -0.126. The van der Waals surface area contributed by atoms with Gasteiger partial charge in [-0.3, -0.25) is 4.40 Å². The van der Waals surface area contributed by atoms with Crippen LogP contribution in [0.2, 0.25) is 5.02 Å². The van der Waals surface area contributed by atoms with E-state index in [1.165, 1.54) is 0 Å². The van der Waals surface area contributed by atoms with Gasteiger partial charge >= 0.3 is 0 Å². The average molecular weight is 341 g/mol. The lowest BCUT2D eigenvalue weighted by atomic mass is 9.92. The van der Waals surface area contributed by atoms with Gasteiger partial charge in [0.05, 0.1) is 11.4 Å². The second kappa shape index (κ2) is 6.02. The van der Waals surface area contributed by atoms with E-state index in [1.54, 1.807) is 0 Å². The first-order valence-corrected chi connectivity index (χ1v) is 8.30. The fourth-order valence-corrected chi connectivity index (χ4v) is 2.66. The van der Waals surface area contributed by atoms with Gasteiger partial charge in [-0.1, -0.05) is 44.5 Å². The molecule has 24 heavy (non-hydrogen) atoms. The van der Waals surface area contributed by atoms with E-state index in [9.17, 15) is 0 Å². The molecule has 0 aliphatic carbocycles. The van der Waals surface area contributed by atoms with Gasteiger partial charge in [-0.05, 0) is 43.2 Å².